The Hall–Kier alpha value is -8.56. The second-order valence-corrected chi connectivity index (χ2v) is 20.5. The van der Waals surface area contributed by atoms with Gasteiger partial charge >= 0.3 is 0 Å². The summed E-state index contributed by atoms with van der Waals surface area (Å²) in [6, 6.07) is 30.1. The highest BCUT2D eigenvalue weighted by Crippen LogP contribution is 2.38. The van der Waals surface area contributed by atoms with Crippen molar-refractivity contribution in [2.24, 2.45) is 0 Å². The standard InChI is InChI=1S/C59H60N8O6.C6H14O/c1-30-13-18-43(34(5)23-30)52-62-53(44-19-14-31(2)24-35(44)6)66-57(65-52)48-26-37(8)51(28-50(48)69)73-41(12)59(71)61-29-60-58(70)40(11)72-42-17-22-47(49(68)27-42)56-64-54(45-20-15-32(3)25-36(45)7)63-55(67-56)46-21-16-33(4)38(9)39(46)10;1-3-5-7-6-4-2/h13-28,40-41,68-69H,29H2,1-12H3,(H,60,70)(H,61,71);3-6H2,1-2H3. The first-order chi connectivity index (χ1) is 38.1. The molecule has 80 heavy (non-hydrogen) atoms. The van der Waals surface area contributed by atoms with Crippen LogP contribution in [0.5, 0.6) is 23.0 Å². The van der Waals surface area contributed by atoms with Crippen molar-refractivity contribution in [3.8, 4) is 91.3 Å². The number of hydrogen-bond donors (Lipinski definition) is 4. The minimum absolute atomic E-state index is 0.146. The fourth-order valence-corrected chi connectivity index (χ4v) is 9.02. The number of carbonyl (C=O) groups excluding carboxylic acids is 2. The number of benzene rings is 6. The minimum Gasteiger partial charge on any atom is -0.507 e. The Morgan fingerprint density at radius 2 is 0.838 bits per heavy atom. The molecule has 2 heterocycles. The molecule has 0 aliphatic carbocycles. The fourth-order valence-electron chi connectivity index (χ4n) is 9.02. The number of aromatic hydroxyl groups is 2. The molecule has 2 atom stereocenters. The van der Waals surface area contributed by atoms with Gasteiger partial charge in [0, 0.05) is 47.6 Å². The topological polar surface area (TPSA) is 204 Å². The Bertz CT molecular complexity index is 3490. The van der Waals surface area contributed by atoms with Crippen LogP contribution >= 0.6 is 0 Å². The van der Waals surface area contributed by atoms with Crippen molar-refractivity contribution in [3.05, 3.63) is 153 Å². The average molecular weight is 1080 g/mol. The van der Waals surface area contributed by atoms with Crippen LogP contribution in [0.4, 0.5) is 0 Å². The van der Waals surface area contributed by atoms with Gasteiger partial charge in [-0.2, -0.15) is 0 Å². The molecule has 4 N–H and O–H groups in total. The zero-order chi connectivity index (χ0) is 57.9. The van der Waals surface area contributed by atoms with Crippen molar-refractivity contribution in [3.63, 3.8) is 0 Å². The molecule has 2 unspecified atom stereocenters. The molecule has 2 aromatic heterocycles. The Labute approximate surface area is 470 Å². The summed E-state index contributed by atoms with van der Waals surface area (Å²) in [5.41, 5.74) is 14.5. The molecule has 0 aliphatic heterocycles. The average Bonchev–Trinajstić information content (AvgIpc) is 3.46. The second-order valence-electron chi connectivity index (χ2n) is 20.5. The maximum absolute atomic E-state index is 13.2. The van der Waals surface area contributed by atoms with Gasteiger partial charge in [0.2, 0.25) is 0 Å². The number of aryl methyl sites for hydroxylation is 8. The first kappa shape index (κ1) is 59.1. The number of rotatable bonds is 18. The molecule has 0 spiro atoms. The van der Waals surface area contributed by atoms with E-state index in [1.807, 2.05) is 97.0 Å². The van der Waals surface area contributed by atoms with Gasteiger partial charge < -0.3 is 35.1 Å². The van der Waals surface area contributed by atoms with Gasteiger partial charge in [0.05, 0.1) is 17.8 Å². The summed E-state index contributed by atoms with van der Waals surface area (Å²) in [6.45, 7) is 29.1. The number of carbonyl (C=O) groups is 2. The van der Waals surface area contributed by atoms with E-state index in [2.05, 4.69) is 56.5 Å². The number of nitrogens with one attached hydrogen (secondary N) is 2. The Kier molecular flexibility index (Phi) is 19.5. The van der Waals surface area contributed by atoms with Crippen LogP contribution in [-0.2, 0) is 14.3 Å². The summed E-state index contributed by atoms with van der Waals surface area (Å²) < 4.78 is 17.1. The maximum Gasteiger partial charge on any atom is 0.262 e. The Morgan fingerprint density at radius 3 is 1.29 bits per heavy atom. The van der Waals surface area contributed by atoms with Gasteiger partial charge in [-0.3, -0.25) is 9.59 Å². The zero-order valence-corrected chi connectivity index (χ0v) is 48.5. The number of nitrogens with zero attached hydrogens (tertiary/aromatic N) is 6. The third kappa shape index (κ3) is 14.4. The highest BCUT2D eigenvalue weighted by atomic mass is 16.5. The summed E-state index contributed by atoms with van der Waals surface area (Å²) in [6.07, 6.45) is 0.258. The van der Waals surface area contributed by atoms with E-state index in [0.29, 0.717) is 40.0 Å². The van der Waals surface area contributed by atoms with Crippen LogP contribution in [-0.4, -0.2) is 84.0 Å². The lowest BCUT2D eigenvalue weighted by molar-refractivity contribution is -0.129. The fraction of sp³-hybridized carbons (Fsp3) is 0.323. The highest BCUT2D eigenvalue weighted by Gasteiger charge is 2.23. The molecule has 8 aromatic rings. The number of phenols is 2. The maximum atomic E-state index is 13.2. The van der Waals surface area contributed by atoms with E-state index in [1.165, 1.54) is 12.1 Å². The zero-order valence-electron chi connectivity index (χ0n) is 48.5. The van der Waals surface area contributed by atoms with E-state index in [0.717, 1.165) is 98.4 Å². The van der Waals surface area contributed by atoms with Gasteiger partial charge in [-0.1, -0.05) is 97.3 Å². The second kappa shape index (κ2) is 26.4. The van der Waals surface area contributed by atoms with E-state index in [-0.39, 0.29) is 41.3 Å². The van der Waals surface area contributed by atoms with E-state index in [4.69, 9.17) is 44.1 Å². The van der Waals surface area contributed by atoms with Crippen molar-refractivity contribution >= 4 is 11.8 Å². The van der Waals surface area contributed by atoms with Crippen LogP contribution in [0.2, 0.25) is 0 Å². The molecule has 0 saturated heterocycles. The molecule has 416 valence electrons. The van der Waals surface area contributed by atoms with E-state index in [9.17, 15) is 19.8 Å². The van der Waals surface area contributed by atoms with Crippen molar-refractivity contribution in [1.29, 1.82) is 0 Å². The van der Waals surface area contributed by atoms with Gasteiger partial charge in [-0.25, -0.2) is 29.9 Å². The number of phenolic OH excluding ortho intramolecular Hbond substituents is 2. The first-order valence-electron chi connectivity index (χ1n) is 27.1. The number of hydrogen-bond acceptors (Lipinski definition) is 13. The lowest BCUT2D eigenvalue weighted by Gasteiger charge is -2.19. The minimum atomic E-state index is -1.01. The van der Waals surface area contributed by atoms with Crippen LogP contribution in [0.1, 0.15) is 96.2 Å². The smallest absolute Gasteiger partial charge is 0.262 e. The van der Waals surface area contributed by atoms with Crippen LogP contribution in [0, 0.1) is 69.2 Å². The van der Waals surface area contributed by atoms with Crippen LogP contribution in [0.15, 0.2) is 97.1 Å². The Morgan fingerprint density at radius 1 is 0.438 bits per heavy atom. The molecule has 2 amide bonds. The molecule has 0 aliphatic rings. The Balaban J connectivity index is 0.00000124. The predicted molar refractivity (Wildman–Crippen MR) is 316 cm³/mol. The van der Waals surface area contributed by atoms with Crippen LogP contribution in [0.3, 0.4) is 0 Å². The first-order valence-corrected chi connectivity index (χ1v) is 27.1. The summed E-state index contributed by atoms with van der Waals surface area (Å²) in [5.74, 6) is 1.62. The van der Waals surface area contributed by atoms with E-state index < -0.39 is 24.0 Å². The monoisotopic (exact) mass is 1080 g/mol. The van der Waals surface area contributed by atoms with Crippen molar-refractivity contribution in [2.45, 2.75) is 122 Å². The van der Waals surface area contributed by atoms with Gasteiger partial charge in [-0.05, 0) is 153 Å². The van der Waals surface area contributed by atoms with Crippen LogP contribution in [0.25, 0.3) is 68.3 Å². The van der Waals surface area contributed by atoms with Crippen LogP contribution < -0.4 is 20.1 Å². The SMILES string of the molecule is CCCOCCC.Cc1ccc(-c2nc(-c3ccc(C)cc3C)nc(-c3cc(C)c(OC(C)C(=O)NCNC(=O)C(C)Oc4ccc(-c5nc(-c6ccc(C)cc6C)nc(-c6ccc(C)c(C)c6C)n5)c(O)c4)cc3O)n2)c(C)c1. The van der Waals surface area contributed by atoms with Crippen molar-refractivity contribution in [2.75, 3.05) is 19.9 Å². The number of ether oxygens (including phenoxy) is 3. The summed E-state index contributed by atoms with van der Waals surface area (Å²) in [5, 5.41) is 28.1. The number of aromatic nitrogens is 6. The molecule has 0 fully saturated rings. The predicted octanol–water partition coefficient (Wildman–Crippen LogP) is 12.8. The molecule has 15 nitrogen and oxygen atoms in total. The lowest BCUT2D eigenvalue weighted by atomic mass is 9.98. The highest BCUT2D eigenvalue weighted by molar-refractivity contribution is 5.83. The largest absolute Gasteiger partial charge is 0.507 e. The van der Waals surface area contributed by atoms with Gasteiger partial charge in [-0.15, -0.1) is 0 Å². The summed E-state index contributed by atoms with van der Waals surface area (Å²) >= 11 is 0. The molecule has 8 rings (SSSR count). The molecule has 0 radical (unpaired) electrons. The molecule has 0 saturated carbocycles. The molecule has 15 heteroatoms. The number of amides is 2. The summed E-state index contributed by atoms with van der Waals surface area (Å²) in [7, 11) is 0. The quantitative estimate of drug-likeness (QED) is 0.0467. The van der Waals surface area contributed by atoms with Crippen molar-refractivity contribution in [1.82, 2.24) is 40.5 Å². The summed E-state index contributed by atoms with van der Waals surface area (Å²) in [4.78, 5) is 55.6. The third-order valence-electron chi connectivity index (χ3n) is 13.8. The third-order valence-corrected chi connectivity index (χ3v) is 13.8. The van der Waals surface area contributed by atoms with Gasteiger partial charge in [0.25, 0.3) is 11.8 Å². The lowest BCUT2D eigenvalue weighted by Crippen LogP contribution is -2.46. The molecular weight excluding hydrogens is 1000 g/mol. The molecule has 6 aromatic carbocycles. The van der Waals surface area contributed by atoms with Crippen molar-refractivity contribution < 1.29 is 34.0 Å². The molecular formula is C65H74N8O7. The van der Waals surface area contributed by atoms with Gasteiger partial charge in [0.15, 0.2) is 47.2 Å². The van der Waals surface area contributed by atoms with E-state index in [1.54, 1.807) is 39.0 Å². The van der Waals surface area contributed by atoms with Gasteiger partial charge in [0.1, 0.15) is 23.0 Å². The van der Waals surface area contributed by atoms with E-state index >= 15 is 0 Å². The molecule has 0 bridgehead atoms. The normalized spacial score (nSPS) is 11.8.